The van der Waals surface area contributed by atoms with Crippen molar-refractivity contribution in [2.45, 2.75) is 4.90 Å². The summed E-state index contributed by atoms with van der Waals surface area (Å²) in [6, 6.07) is 3.42. The van der Waals surface area contributed by atoms with Gasteiger partial charge in [-0.2, -0.15) is 0 Å². The van der Waals surface area contributed by atoms with E-state index >= 15 is 0 Å². The van der Waals surface area contributed by atoms with E-state index in [1.54, 1.807) is 0 Å². The molecule has 0 radical (unpaired) electrons. The molecule has 0 bridgehead atoms. The Morgan fingerprint density at radius 1 is 1.47 bits per heavy atom. The van der Waals surface area contributed by atoms with E-state index in [9.17, 15) is 13.2 Å². The van der Waals surface area contributed by atoms with Crippen LogP contribution in [0.3, 0.4) is 0 Å². The molecule has 0 aliphatic rings. The minimum atomic E-state index is -3.65. The van der Waals surface area contributed by atoms with Crippen molar-refractivity contribution in [3.8, 4) is 0 Å². The van der Waals surface area contributed by atoms with E-state index in [0.717, 1.165) is 12.1 Å². The van der Waals surface area contributed by atoms with Crippen molar-refractivity contribution >= 4 is 27.6 Å². The molecular formula is C8H8ClNO4S. The average Bonchev–Trinajstić information content (AvgIpc) is 2.17. The number of halogens is 1. The predicted octanol–water partition coefficient (Wildman–Crippen LogP) is 0.946. The van der Waals surface area contributed by atoms with Crippen molar-refractivity contribution in [3.63, 3.8) is 0 Å². The van der Waals surface area contributed by atoms with E-state index in [0.29, 0.717) is 0 Å². The van der Waals surface area contributed by atoms with Gasteiger partial charge in [0.25, 0.3) is 0 Å². The Morgan fingerprint density at radius 2 is 2.07 bits per heavy atom. The second-order valence-electron chi connectivity index (χ2n) is 2.66. The summed E-state index contributed by atoms with van der Waals surface area (Å²) >= 11 is 5.65. The van der Waals surface area contributed by atoms with Crippen LogP contribution in [0.1, 0.15) is 10.4 Å². The highest BCUT2D eigenvalue weighted by molar-refractivity contribution is 7.89. The summed E-state index contributed by atoms with van der Waals surface area (Å²) in [4.78, 5) is 10.4. The molecule has 0 fully saturated rings. The molecule has 7 heteroatoms. The van der Waals surface area contributed by atoms with Crippen LogP contribution in [0, 0.1) is 0 Å². The minimum Gasteiger partial charge on any atom is -0.478 e. The van der Waals surface area contributed by atoms with Crippen LogP contribution in [-0.2, 0) is 10.0 Å². The third-order valence-corrected chi connectivity index (χ3v) is 3.63. The maximum absolute atomic E-state index is 11.4. The number of rotatable bonds is 3. The number of carbonyl (C=O) groups is 1. The van der Waals surface area contributed by atoms with Gasteiger partial charge in [-0.05, 0) is 25.2 Å². The van der Waals surface area contributed by atoms with E-state index in [1.165, 1.54) is 13.1 Å². The number of aromatic carboxylic acids is 1. The Bertz CT molecular complexity index is 497. The van der Waals surface area contributed by atoms with Gasteiger partial charge < -0.3 is 5.11 Å². The lowest BCUT2D eigenvalue weighted by molar-refractivity contribution is 0.0697. The maximum Gasteiger partial charge on any atom is 0.335 e. The van der Waals surface area contributed by atoms with Gasteiger partial charge >= 0.3 is 5.97 Å². The molecule has 2 N–H and O–H groups in total. The topological polar surface area (TPSA) is 83.5 Å². The van der Waals surface area contributed by atoms with E-state index in [4.69, 9.17) is 16.7 Å². The molecule has 0 saturated carbocycles. The SMILES string of the molecule is CNS(=O)(=O)c1ccc(C(=O)O)cc1Cl. The van der Waals surface area contributed by atoms with Gasteiger partial charge in [0.15, 0.2) is 0 Å². The van der Waals surface area contributed by atoms with Crippen LogP contribution < -0.4 is 4.72 Å². The van der Waals surface area contributed by atoms with Crippen LogP contribution in [0.25, 0.3) is 0 Å². The van der Waals surface area contributed by atoms with Crippen LogP contribution in [0.2, 0.25) is 5.02 Å². The molecule has 0 aliphatic carbocycles. The van der Waals surface area contributed by atoms with Crippen molar-refractivity contribution in [2.75, 3.05) is 7.05 Å². The van der Waals surface area contributed by atoms with Crippen molar-refractivity contribution in [1.29, 1.82) is 0 Å². The highest BCUT2D eigenvalue weighted by Crippen LogP contribution is 2.22. The number of hydrogen-bond acceptors (Lipinski definition) is 3. The molecule has 0 aromatic heterocycles. The van der Waals surface area contributed by atoms with E-state index in [1.807, 2.05) is 0 Å². The molecule has 0 amide bonds. The molecule has 0 saturated heterocycles. The second-order valence-corrected chi connectivity index (χ2v) is 4.92. The zero-order valence-corrected chi connectivity index (χ0v) is 9.26. The third-order valence-electron chi connectivity index (χ3n) is 1.74. The first-order valence-corrected chi connectivity index (χ1v) is 5.71. The fraction of sp³-hybridized carbons (Fsp3) is 0.125. The summed E-state index contributed by atoms with van der Waals surface area (Å²) in [5, 5.41) is 8.52. The number of carboxylic acid groups (broad SMARTS) is 1. The van der Waals surface area contributed by atoms with Crippen molar-refractivity contribution < 1.29 is 18.3 Å². The fourth-order valence-corrected chi connectivity index (χ4v) is 2.23. The summed E-state index contributed by atoms with van der Waals surface area (Å²) in [6.07, 6.45) is 0. The highest BCUT2D eigenvalue weighted by atomic mass is 35.5. The first kappa shape index (κ1) is 12.0. The minimum absolute atomic E-state index is 0.0601. The lowest BCUT2D eigenvalue weighted by atomic mass is 10.2. The lowest BCUT2D eigenvalue weighted by Crippen LogP contribution is -2.19. The van der Waals surface area contributed by atoms with E-state index in [2.05, 4.69) is 4.72 Å². The molecule has 0 heterocycles. The van der Waals surface area contributed by atoms with Gasteiger partial charge in [0.05, 0.1) is 10.6 Å². The van der Waals surface area contributed by atoms with Gasteiger partial charge in [0.1, 0.15) is 4.90 Å². The van der Waals surface area contributed by atoms with Gasteiger partial charge in [-0.15, -0.1) is 0 Å². The molecule has 0 spiro atoms. The molecule has 15 heavy (non-hydrogen) atoms. The number of hydrogen-bond donors (Lipinski definition) is 2. The normalized spacial score (nSPS) is 11.3. The van der Waals surface area contributed by atoms with Crippen LogP contribution in [0.5, 0.6) is 0 Å². The molecule has 1 aromatic carbocycles. The van der Waals surface area contributed by atoms with Gasteiger partial charge in [0, 0.05) is 0 Å². The van der Waals surface area contributed by atoms with Crippen molar-refractivity contribution in [2.24, 2.45) is 0 Å². The first-order chi connectivity index (χ1) is 6.88. The Morgan fingerprint density at radius 3 is 2.47 bits per heavy atom. The zero-order valence-electron chi connectivity index (χ0n) is 7.69. The summed E-state index contributed by atoms with van der Waals surface area (Å²) in [6.45, 7) is 0. The Labute approximate surface area is 91.7 Å². The van der Waals surface area contributed by atoms with Crippen molar-refractivity contribution in [3.05, 3.63) is 28.8 Å². The van der Waals surface area contributed by atoms with Gasteiger partial charge in [0.2, 0.25) is 10.0 Å². The van der Waals surface area contributed by atoms with Crippen LogP contribution >= 0.6 is 11.6 Å². The molecule has 82 valence electrons. The smallest absolute Gasteiger partial charge is 0.335 e. The average molecular weight is 250 g/mol. The van der Waals surface area contributed by atoms with Crippen LogP contribution in [0.4, 0.5) is 0 Å². The summed E-state index contributed by atoms with van der Waals surface area (Å²) < 4.78 is 24.8. The van der Waals surface area contributed by atoms with Crippen LogP contribution in [-0.4, -0.2) is 26.5 Å². The molecule has 5 nitrogen and oxygen atoms in total. The quantitative estimate of drug-likeness (QED) is 0.835. The molecule has 0 unspecified atom stereocenters. The number of sulfonamides is 1. The molecule has 0 aliphatic heterocycles. The lowest BCUT2D eigenvalue weighted by Gasteiger charge is -2.05. The Balaban J connectivity index is 3.32. The summed E-state index contributed by atoms with van der Waals surface area (Å²) in [5.74, 6) is -1.16. The Hall–Kier alpha value is -1.11. The molecular weight excluding hydrogens is 242 g/mol. The standard InChI is InChI=1S/C8H8ClNO4S/c1-10-15(13,14)7-3-2-5(8(11)12)4-6(7)9/h2-4,10H,1H3,(H,11,12). The third kappa shape index (κ3) is 2.47. The largest absolute Gasteiger partial charge is 0.478 e. The monoisotopic (exact) mass is 249 g/mol. The number of carboxylic acids is 1. The van der Waals surface area contributed by atoms with Gasteiger partial charge in [-0.25, -0.2) is 17.9 Å². The predicted molar refractivity (Wildman–Crippen MR) is 54.7 cm³/mol. The number of nitrogens with one attached hydrogen (secondary N) is 1. The molecule has 0 atom stereocenters. The molecule has 1 aromatic rings. The van der Waals surface area contributed by atoms with Crippen molar-refractivity contribution in [1.82, 2.24) is 4.72 Å². The van der Waals surface area contributed by atoms with Gasteiger partial charge in [-0.3, -0.25) is 0 Å². The second kappa shape index (κ2) is 4.18. The zero-order chi connectivity index (χ0) is 11.6. The van der Waals surface area contributed by atoms with Gasteiger partial charge in [-0.1, -0.05) is 11.6 Å². The number of benzene rings is 1. The summed E-state index contributed by atoms with van der Waals surface area (Å²) in [5.41, 5.74) is -0.0601. The van der Waals surface area contributed by atoms with E-state index in [-0.39, 0.29) is 15.5 Å². The first-order valence-electron chi connectivity index (χ1n) is 3.85. The van der Waals surface area contributed by atoms with E-state index < -0.39 is 16.0 Å². The molecule has 1 rings (SSSR count). The fourth-order valence-electron chi connectivity index (χ4n) is 0.962. The summed E-state index contributed by atoms with van der Waals surface area (Å²) in [7, 11) is -2.40. The Kier molecular flexibility index (Phi) is 3.33. The maximum atomic E-state index is 11.4. The van der Waals surface area contributed by atoms with Crippen LogP contribution in [0.15, 0.2) is 23.1 Å². The highest BCUT2D eigenvalue weighted by Gasteiger charge is 2.17.